The summed E-state index contributed by atoms with van der Waals surface area (Å²) in [5.41, 5.74) is 2.23. The molecule has 1 aromatic heterocycles. The molecule has 1 aromatic carbocycles. The van der Waals surface area contributed by atoms with E-state index in [9.17, 15) is 5.11 Å². The molecule has 0 amide bonds. The molecule has 3 rings (SSSR count). The van der Waals surface area contributed by atoms with E-state index in [1.165, 1.54) is 43.3 Å². The summed E-state index contributed by atoms with van der Waals surface area (Å²) in [5, 5.41) is 10.5. The highest BCUT2D eigenvalue weighted by molar-refractivity contribution is 5.80. The number of likely N-dealkylation sites (tertiary alicyclic amines) is 1. The van der Waals surface area contributed by atoms with Crippen LogP contribution in [0.3, 0.4) is 0 Å². The molecule has 3 heteroatoms. The van der Waals surface area contributed by atoms with Crippen molar-refractivity contribution in [2.24, 2.45) is 0 Å². The van der Waals surface area contributed by atoms with Gasteiger partial charge in [0.1, 0.15) is 0 Å². The van der Waals surface area contributed by atoms with Crippen molar-refractivity contribution in [1.82, 2.24) is 9.47 Å². The highest BCUT2D eigenvalue weighted by Crippen LogP contribution is 2.18. The fraction of sp³-hybridized carbons (Fsp3) is 0.500. The first-order valence-electron chi connectivity index (χ1n) is 7.28. The molecule has 0 saturated carbocycles. The lowest BCUT2D eigenvalue weighted by Crippen LogP contribution is -2.32. The SMILES string of the molecule is OCc1ccc2ccn(CCN3CCCCC3)c2c1. The summed E-state index contributed by atoms with van der Waals surface area (Å²) in [6, 6.07) is 8.35. The van der Waals surface area contributed by atoms with Gasteiger partial charge in [-0.05, 0) is 49.0 Å². The zero-order valence-electron chi connectivity index (χ0n) is 11.4. The van der Waals surface area contributed by atoms with E-state index in [0.29, 0.717) is 0 Å². The Hall–Kier alpha value is -1.32. The first-order chi connectivity index (χ1) is 9.36. The predicted molar refractivity (Wildman–Crippen MR) is 78.2 cm³/mol. The van der Waals surface area contributed by atoms with Gasteiger partial charge in [-0.25, -0.2) is 0 Å². The van der Waals surface area contributed by atoms with Crippen molar-refractivity contribution in [2.75, 3.05) is 19.6 Å². The second kappa shape index (κ2) is 5.76. The van der Waals surface area contributed by atoms with Crippen LogP contribution in [0.2, 0.25) is 0 Å². The first kappa shape index (κ1) is 12.7. The molecule has 0 aliphatic carbocycles. The van der Waals surface area contributed by atoms with Crippen molar-refractivity contribution < 1.29 is 5.11 Å². The van der Waals surface area contributed by atoms with E-state index in [0.717, 1.165) is 18.7 Å². The minimum atomic E-state index is 0.118. The van der Waals surface area contributed by atoms with E-state index in [1.807, 2.05) is 6.07 Å². The standard InChI is InChI=1S/C16H22N2O/c19-13-14-4-5-15-6-9-18(16(15)12-14)11-10-17-7-2-1-3-8-17/h4-6,9,12,19H,1-3,7-8,10-11,13H2. The van der Waals surface area contributed by atoms with Gasteiger partial charge >= 0.3 is 0 Å². The van der Waals surface area contributed by atoms with Gasteiger partial charge in [0.2, 0.25) is 0 Å². The van der Waals surface area contributed by atoms with Crippen LogP contribution in [0.4, 0.5) is 0 Å². The van der Waals surface area contributed by atoms with Gasteiger partial charge in [0.15, 0.2) is 0 Å². The Balaban J connectivity index is 1.72. The lowest BCUT2D eigenvalue weighted by molar-refractivity contribution is 0.221. The second-order valence-electron chi connectivity index (χ2n) is 5.46. The van der Waals surface area contributed by atoms with Gasteiger partial charge in [0, 0.05) is 24.8 Å². The number of piperidine rings is 1. The third-order valence-corrected chi connectivity index (χ3v) is 4.13. The van der Waals surface area contributed by atoms with E-state index in [2.05, 4.69) is 33.9 Å². The van der Waals surface area contributed by atoms with Crippen molar-refractivity contribution in [1.29, 1.82) is 0 Å². The Morgan fingerprint density at radius 2 is 1.84 bits per heavy atom. The van der Waals surface area contributed by atoms with Crippen molar-refractivity contribution in [3.05, 3.63) is 36.0 Å². The fourth-order valence-electron chi connectivity index (χ4n) is 2.95. The molecule has 3 nitrogen and oxygen atoms in total. The Labute approximate surface area is 114 Å². The molecule has 0 radical (unpaired) electrons. The lowest BCUT2D eigenvalue weighted by atomic mass is 10.1. The molecule has 2 heterocycles. The average molecular weight is 258 g/mol. The van der Waals surface area contributed by atoms with Crippen LogP contribution >= 0.6 is 0 Å². The van der Waals surface area contributed by atoms with Gasteiger partial charge in [0.25, 0.3) is 0 Å². The number of fused-ring (bicyclic) bond motifs is 1. The van der Waals surface area contributed by atoms with Crippen LogP contribution in [0.25, 0.3) is 10.9 Å². The molecule has 1 saturated heterocycles. The number of aliphatic hydroxyl groups is 1. The molecule has 1 N–H and O–H groups in total. The maximum Gasteiger partial charge on any atom is 0.0682 e. The molecule has 0 unspecified atom stereocenters. The maximum atomic E-state index is 9.24. The summed E-state index contributed by atoms with van der Waals surface area (Å²) < 4.78 is 2.31. The molecular weight excluding hydrogens is 236 g/mol. The van der Waals surface area contributed by atoms with Crippen LogP contribution in [0.15, 0.2) is 30.5 Å². The van der Waals surface area contributed by atoms with Crippen LogP contribution < -0.4 is 0 Å². The summed E-state index contributed by atoms with van der Waals surface area (Å²) in [6.07, 6.45) is 6.25. The van der Waals surface area contributed by atoms with Crippen molar-refractivity contribution >= 4 is 10.9 Å². The van der Waals surface area contributed by atoms with E-state index >= 15 is 0 Å². The van der Waals surface area contributed by atoms with E-state index in [4.69, 9.17) is 0 Å². The fourth-order valence-corrected chi connectivity index (χ4v) is 2.95. The molecule has 2 aromatic rings. The molecule has 1 fully saturated rings. The Kier molecular flexibility index (Phi) is 3.85. The molecule has 19 heavy (non-hydrogen) atoms. The summed E-state index contributed by atoms with van der Waals surface area (Å²) in [4.78, 5) is 2.56. The highest BCUT2D eigenvalue weighted by atomic mass is 16.3. The molecule has 102 valence electrons. The Bertz CT molecular complexity index is 541. The van der Waals surface area contributed by atoms with Crippen molar-refractivity contribution in [3.63, 3.8) is 0 Å². The highest BCUT2D eigenvalue weighted by Gasteiger charge is 2.10. The van der Waals surface area contributed by atoms with Crippen LogP contribution in [-0.4, -0.2) is 34.2 Å². The quantitative estimate of drug-likeness (QED) is 0.913. The summed E-state index contributed by atoms with van der Waals surface area (Å²) in [7, 11) is 0. The van der Waals surface area contributed by atoms with Gasteiger partial charge in [0.05, 0.1) is 6.61 Å². The van der Waals surface area contributed by atoms with Crippen LogP contribution in [-0.2, 0) is 13.2 Å². The van der Waals surface area contributed by atoms with Gasteiger partial charge in [-0.15, -0.1) is 0 Å². The third kappa shape index (κ3) is 2.82. The van der Waals surface area contributed by atoms with Gasteiger partial charge in [-0.1, -0.05) is 18.6 Å². The largest absolute Gasteiger partial charge is 0.392 e. The van der Waals surface area contributed by atoms with Gasteiger partial charge < -0.3 is 14.6 Å². The van der Waals surface area contributed by atoms with Gasteiger partial charge in [-0.2, -0.15) is 0 Å². The number of aliphatic hydroxyl groups excluding tert-OH is 1. The monoisotopic (exact) mass is 258 g/mol. The summed E-state index contributed by atoms with van der Waals surface area (Å²) in [6.45, 7) is 4.79. The number of hydrogen-bond acceptors (Lipinski definition) is 2. The van der Waals surface area contributed by atoms with E-state index in [-0.39, 0.29) is 6.61 Å². The normalized spacial score (nSPS) is 17.1. The molecular formula is C16H22N2O. The molecule has 0 atom stereocenters. The topological polar surface area (TPSA) is 28.4 Å². The molecule has 1 aliphatic heterocycles. The number of benzene rings is 1. The predicted octanol–water partition coefficient (Wildman–Crippen LogP) is 2.62. The first-order valence-corrected chi connectivity index (χ1v) is 7.28. The van der Waals surface area contributed by atoms with Gasteiger partial charge in [-0.3, -0.25) is 0 Å². The van der Waals surface area contributed by atoms with Crippen LogP contribution in [0, 0.1) is 0 Å². The number of nitrogens with zero attached hydrogens (tertiary/aromatic N) is 2. The second-order valence-corrected chi connectivity index (χ2v) is 5.46. The Morgan fingerprint density at radius 3 is 2.63 bits per heavy atom. The van der Waals surface area contributed by atoms with Crippen molar-refractivity contribution in [3.8, 4) is 0 Å². The van der Waals surface area contributed by atoms with Crippen LogP contribution in [0.5, 0.6) is 0 Å². The average Bonchev–Trinajstić information content (AvgIpc) is 2.88. The summed E-state index contributed by atoms with van der Waals surface area (Å²) in [5.74, 6) is 0. The number of rotatable bonds is 4. The Morgan fingerprint density at radius 1 is 1.00 bits per heavy atom. The number of hydrogen-bond donors (Lipinski definition) is 1. The third-order valence-electron chi connectivity index (χ3n) is 4.13. The minimum Gasteiger partial charge on any atom is -0.392 e. The minimum absolute atomic E-state index is 0.118. The molecule has 0 spiro atoms. The smallest absolute Gasteiger partial charge is 0.0682 e. The molecule has 0 bridgehead atoms. The maximum absolute atomic E-state index is 9.24. The van der Waals surface area contributed by atoms with E-state index < -0.39 is 0 Å². The zero-order valence-corrected chi connectivity index (χ0v) is 11.4. The molecule has 1 aliphatic rings. The van der Waals surface area contributed by atoms with Crippen molar-refractivity contribution in [2.45, 2.75) is 32.4 Å². The lowest BCUT2D eigenvalue weighted by Gasteiger charge is -2.26. The van der Waals surface area contributed by atoms with Crippen LogP contribution in [0.1, 0.15) is 24.8 Å². The van der Waals surface area contributed by atoms with E-state index in [1.54, 1.807) is 0 Å². The summed E-state index contributed by atoms with van der Waals surface area (Å²) >= 11 is 0. The zero-order chi connectivity index (χ0) is 13.1. The number of aromatic nitrogens is 1.